The van der Waals surface area contributed by atoms with E-state index in [1.807, 2.05) is 59.9 Å². The highest BCUT2D eigenvalue weighted by Gasteiger charge is 2.27. The Bertz CT molecular complexity index is 2120. The van der Waals surface area contributed by atoms with Crippen molar-refractivity contribution in [1.82, 2.24) is 0 Å². The predicted octanol–water partition coefficient (Wildman–Crippen LogP) is 11.4. The van der Waals surface area contributed by atoms with E-state index in [1.165, 1.54) is 26.4 Å². The highest BCUT2D eigenvalue weighted by Crippen LogP contribution is 2.50. The lowest BCUT2D eigenvalue weighted by Crippen LogP contribution is -2.06. The molecule has 1 atom stereocenters. The van der Waals surface area contributed by atoms with Crippen molar-refractivity contribution in [2.24, 2.45) is 5.73 Å². The van der Waals surface area contributed by atoms with Gasteiger partial charge in [-0.15, -0.1) is 11.3 Å². The molecule has 1 aliphatic heterocycles. The molecule has 6 aromatic rings. The van der Waals surface area contributed by atoms with Gasteiger partial charge in [-0.25, -0.2) is 0 Å². The molecule has 2 heterocycles. The number of ether oxygens (including phenoxy) is 2. The second kappa shape index (κ2) is 11.3. The Hall–Kier alpha value is -5.32. The third-order valence-electron chi connectivity index (χ3n) is 8.74. The second-order valence-corrected chi connectivity index (χ2v) is 12.7. The first-order chi connectivity index (χ1) is 22.2. The van der Waals surface area contributed by atoms with Gasteiger partial charge in [-0.1, -0.05) is 91.0 Å². The SMILES string of the molecule is Cc1sc2c(c1/C=C\N)C(c1ccc3c(c1)Oc1ccccc1-c1ccccc1Oc1cc(-c4ccccc4)ccc1-3)CC=C2. The average molecular weight is 602 g/mol. The molecule has 0 saturated carbocycles. The van der Waals surface area contributed by atoms with Crippen molar-refractivity contribution in [3.8, 4) is 56.4 Å². The minimum absolute atomic E-state index is 0.192. The standard InChI is InChI=1S/C41H31NO2S/c1-26-30(22-23-42)41-31(14-9-17-40(41)45-26)29-19-21-35-34-20-18-28(27-10-3-2-4-11-27)24-38(34)43-36-15-7-5-12-32(36)33-13-6-8-16-37(33)44-39(35)25-29/h2-13,15-25,31H,14,42H2,1H3/b23-22-. The Balaban J connectivity index is 1.34. The van der Waals surface area contributed by atoms with Crippen LogP contribution in [0.5, 0.6) is 23.0 Å². The van der Waals surface area contributed by atoms with Gasteiger partial charge in [0.15, 0.2) is 0 Å². The molecule has 1 aromatic heterocycles. The fourth-order valence-corrected chi connectivity index (χ4v) is 7.76. The normalized spacial score (nSPS) is 14.7. The number of para-hydroxylation sites is 2. The fraction of sp³-hybridized carbons (Fsp3) is 0.0732. The van der Waals surface area contributed by atoms with Gasteiger partial charge in [-0.05, 0) is 89.8 Å². The van der Waals surface area contributed by atoms with Crippen molar-refractivity contribution in [2.45, 2.75) is 19.3 Å². The van der Waals surface area contributed by atoms with E-state index in [9.17, 15) is 0 Å². The molecule has 8 rings (SSSR count). The van der Waals surface area contributed by atoms with Gasteiger partial charge in [-0.2, -0.15) is 0 Å². The number of hydrogen-bond donors (Lipinski definition) is 1. The molecule has 45 heavy (non-hydrogen) atoms. The van der Waals surface area contributed by atoms with Crippen molar-refractivity contribution in [1.29, 1.82) is 0 Å². The topological polar surface area (TPSA) is 44.5 Å². The van der Waals surface area contributed by atoms with Crippen LogP contribution in [0.1, 0.15) is 38.8 Å². The van der Waals surface area contributed by atoms with Crippen molar-refractivity contribution in [3.05, 3.63) is 154 Å². The molecule has 3 nitrogen and oxygen atoms in total. The highest BCUT2D eigenvalue weighted by atomic mass is 32.1. The van der Waals surface area contributed by atoms with E-state index >= 15 is 0 Å². The van der Waals surface area contributed by atoms with E-state index in [0.717, 1.165) is 62.8 Å². The summed E-state index contributed by atoms with van der Waals surface area (Å²) in [6, 6.07) is 40.0. The lowest BCUT2D eigenvalue weighted by atomic mass is 9.82. The van der Waals surface area contributed by atoms with Crippen LogP contribution < -0.4 is 15.2 Å². The molecular formula is C41H31NO2S. The first-order valence-corrected chi connectivity index (χ1v) is 16.1. The molecule has 5 aromatic carbocycles. The van der Waals surface area contributed by atoms with Crippen LogP contribution >= 0.6 is 11.3 Å². The summed E-state index contributed by atoms with van der Waals surface area (Å²) in [6.07, 6.45) is 9.14. The van der Waals surface area contributed by atoms with E-state index in [0.29, 0.717) is 0 Å². The first kappa shape index (κ1) is 27.2. The van der Waals surface area contributed by atoms with Crippen molar-refractivity contribution in [3.63, 3.8) is 0 Å². The second-order valence-electron chi connectivity index (χ2n) is 11.4. The maximum atomic E-state index is 6.94. The monoisotopic (exact) mass is 601 g/mol. The zero-order valence-corrected chi connectivity index (χ0v) is 25.7. The summed E-state index contributed by atoms with van der Waals surface area (Å²) < 4.78 is 13.8. The minimum Gasteiger partial charge on any atom is -0.456 e. The molecule has 1 unspecified atom stereocenters. The molecular weight excluding hydrogens is 571 g/mol. The van der Waals surface area contributed by atoms with Gasteiger partial charge in [0.2, 0.25) is 0 Å². The summed E-state index contributed by atoms with van der Waals surface area (Å²) in [5.74, 6) is 3.36. The smallest absolute Gasteiger partial charge is 0.136 e. The number of benzene rings is 5. The lowest BCUT2D eigenvalue weighted by Gasteiger charge is -2.25. The lowest BCUT2D eigenvalue weighted by molar-refractivity contribution is 0.472. The highest BCUT2D eigenvalue weighted by molar-refractivity contribution is 7.13. The number of hydrogen-bond acceptors (Lipinski definition) is 4. The minimum atomic E-state index is 0.192. The molecule has 0 bridgehead atoms. The average Bonchev–Trinajstić information content (AvgIpc) is 3.40. The van der Waals surface area contributed by atoms with E-state index < -0.39 is 0 Å². The van der Waals surface area contributed by atoms with Gasteiger partial charge < -0.3 is 15.2 Å². The van der Waals surface area contributed by atoms with Crippen molar-refractivity contribution in [2.75, 3.05) is 0 Å². The predicted molar refractivity (Wildman–Crippen MR) is 187 cm³/mol. The number of rotatable bonds is 3. The van der Waals surface area contributed by atoms with Crippen LogP contribution in [-0.4, -0.2) is 0 Å². The zero-order valence-electron chi connectivity index (χ0n) is 24.9. The van der Waals surface area contributed by atoms with Crippen LogP contribution in [-0.2, 0) is 0 Å². The zero-order chi connectivity index (χ0) is 30.3. The summed E-state index contributed by atoms with van der Waals surface area (Å²) in [4.78, 5) is 2.58. The van der Waals surface area contributed by atoms with Gasteiger partial charge in [-0.3, -0.25) is 0 Å². The Labute approximate surface area is 267 Å². The van der Waals surface area contributed by atoms with Crippen LogP contribution in [0.4, 0.5) is 0 Å². The quantitative estimate of drug-likeness (QED) is 0.219. The summed E-state index contributed by atoms with van der Waals surface area (Å²) in [5, 5.41) is 0. The molecule has 2 N–H and O–H groups in total. The number of fused-ring (bicyclic) bond motifs is 7. The molecule has 0 fully saturated rings. The van der Waals surface area contributed by atoms with Crippen molar-refractivity contribution < 1.29 is 9.47 Å². The summed E-state index contributed by atoms with van der Waals surface area (Å²) in [5.41, 5.74) is 15.8. The molecule has 0 radical (unpaired) electrons. The Morgan fingerprint density at radius 3 is 2.00 bits per heavy atom. The maximum absolute atomic E-state index is 6.94. The third kappa shape index (κ3) is 4.84. The van der Waals surface area contributed by atoms with Gasteiger partial charge in [0, 0.05) is 37.9 Å². The number of thiophene rings is 1. The molecule has 0 saturated heterocycles. The van der Waals surface area contributed by atoms with E-state index in [4.69, 9.17) is 15.2 Å². The van der Waals surface area contributed by atoms with Crippen LogP contribution in [0, 0.1) is 6.92 Å². The number of aryl methyl sites for hydroxylation is 1. The Morgan fingerprint density at radius 1 is 0.667 bits per heavy atom. The maximum Gasteiger partial charge on any atom is 0.136 e. The largest absolute Gasteiger partial charge is 0.456 e. The van der Waals surface area contributed by atoms with E-state index in [1.54, 1.807) is 6.20 Å². The summed E-state index contributed by atoms with van der Waals surface area (Å²) in [7, 11) is 0. The number of allylic oxidation sites excluding steroid dienone is 1. The molecule has 0 spiro atoms. The first-order valence-electron chi connectivity index (χ1n) is 15.2. The fourth-order valence-electron chi connectivity index (χ4n) is 6.61. The summed E-state index contributed by atoms with van der Waals surface area (Å²) in [6.45, 7) is 2.18. The van der Waals surface area contributed by atoms with Gasteiger partial charge in [0.1, 0.15) is 23.0 Å². The molecule has 1 aliphatic carbocycles. The Morgan fingerprint density at radius 2 is 1.29 bits per heavy atom. The molecule has 4 heteroatoms. The number of nitrogens with two attached hydrogens (primary N) is 1. The van der Waals surface area contributed by atoms with Gasteiger partial charge in [0.25, 0.3) is 0 Å². The van der Waals surface area contributed by atoms with Crippen molar-refractivity contribution >= 4 is 23.5 Å². The van der Waals surface area contributed by atoms with Gasteiger partial charge in [0.05, 0.1) is 0 Å². The third-order valence-corrected chi connectivity index (χ3v) is 9.84. The Kier molecular flexibility index (Phi) is 6.85. The van der Waals surface area contributed by atoms with Crippen LogP contribution in [0.15, 0.2) is 128 Å². The van der Waals surface area contributed by atoms with Gasteiger partial charge >= 0.3 is 0 Å². The molecule has 218 valence electrons. The molecule has 2 aliphatic rings. The van der Waals surface area contributed by atoms with Crippen LogP contribution in [0.25, 0.3) is 45.5 Å². The van der Waals surface area contributed by atoms with E-state index in [2.05, 4.69) is 91.9 Å². The van der Waals surface area contributed by atoms with Crippen LogP contribution in [0.2, 0.25) is 0 Å². The molecule has 0 amide bonds. The summed E-state index contributed by atoms with van der Waals surface area (Å²) >= 11 is 1.83. The van der Waals surface area contributed by atoms with Crippen LogP contribution in [0.3, 0.4) is 0 Å². The van der Waals surface area contributed by atoms with E-state index in [-0.39, 0.29) is 5.92 Å².